The zero-order chi connectivity index (χ0) is 14.9. The maximum atomic E-state index is 12.5. The van der Waals surface area contributed by atoms with Crippen molar-refractivity contribution in [2.45, 2.75) is 29.1 Å². The highest BCUT2D eigenvalue weighted by Crippen LogP contribution is 2.32. The number of nitrogens with one attached hydrogen (secondary N) is 1. The van der Waals surface area contributed by atoms with Crippen LogP contribution in [-0.4, -0.2) is 8.42 Å². The van der Waals surface area contributed by atoms with Gasteiger partial charge in [0.05, 0.1) is 4.90 Å². The van der Waals surface area contributed by atoms with Gasteiger partial charge in [0.25, 0.3) is 0 Å². The lowest BCUT2D eigenvalue weighted by molar-refractivity contribution is 0.554. The van der Waals surface area contributed by atoms with Gasteiger partial charge in [0.2, 0.25) is 10.0 Å². The van der Waals surface area contributed by atoms with Gasteiger partial charge in [0.15, 0.2) is 0 Å². The Kier molecular flexibility index (Phi) is 4.15. The number of fused-ring (bicyclic) bond motifs is 1. The molecule has 3 nitrogen and oxygen atoms in total. The smallest absolute Gasteiger partial charge is 0.207 e. The van der Waals surface area contributed by atoms with E-state index in [2.05, 4.69) is 26.7 Å². The second-order valence-electron chi connectivity index (χ2n) is 5.19. The van der Waals surface area contributed by atoms with Gasteiger partial charge < -0.3 is 0 Å². The summed E-state index contributed by atoms with van der Waals surface area (Å²) in [5.41, 5.74) is 3.39. The van der Waals surface area contributed by atoms with Crippen LogP contribution < -0.4 is 4.72 Å². The first-order valence-corrected chi connectivity index (χ1v) is 9.45. The van der Waals surface area contributed by atoms with Gasteiger partial charge in [0, 0.05) is 11.4 Å². The molecule has 0 aliphatic heterocycles. The zero-order valence-electron chi connectivity index (χ0n) is 11.4. The van der Waals surface area contributed by atoms with Gasteiger partial charge in [-0.3, -0.25) is 0 Å². The summed E-state index contributed by atoms with van der Waals surface area (Å²) in [6.45, 7) is 0. The lowest BCUT2D eigenvalue weighted by Gasteiger charge is -2.14. The van der Waals surface area contributed by atoms with Gasteiger partial charge in [-0.2, -0.15) is 0 Å². The summed E-state index contributed by atoms with van der Waals surface area (Å²) in [7, 11) is -3.48. The predicted molar refractivity (Wildman–Crippen MR) is 86.9 cm³/mol. The molecule has 1 unspecified atom stereocenters. The van der Waals surface area contributed by atoms with Crippen LogP contribution in [0.3, 0.4) is 0 Å². The second-order valence-corrected chi connectivity index (χ2v) is 7.46. The Bertz CT molecular complexity index is 741. The van der Waals surface area contributed by atoms with Crippen LogP contribution in [0, 0.1) is 0 Å². The summed E-state index contributed by atoms with van der Waals surface area (Å²) in [5, 5.41) is 0.719. The van der Waals surface area contributed by atoms with Crippen LogP contribution in [0.25, 0.3) is 0 Å². The molecule has 0 spiro atoms. The van der Waals surface area contributed by atoms with E-state index in [0.717, 1.165) is 29.3 Å². The number of hydrogen-bond acceptors (Lipinski definition) is 2. The van der Waals surface area contributed by atoms with Gasteiger partial charge in [-0.1, -0.05) is 52.3 Å². The van der Waals surface area contributed by atoms with Crippen molar-refractivity contribution in [2.24, 2.45) is 0 Å². The maximum Gasteiger partial charge on any atom is 0.241 e. The van der Waals surface area contributed by atoms with Gasteiger partial charge in [-0.15, -0.1) is 0 Å². The van der Waals surface area contributed by atoms with Crippen molar-refractivity contribution in [1.82, 2.24) is 4.72 Å². The summed E-state index contributed by atoms with van der Waals surface area (Å²) < 4.78 is 27.8. The number of sulfonamides is 1. The Balaban J connectivity index is 1.83. The molecule has 0 radical (unpaired) electrons. The number of alkyl halides is 1. The number of benzene rings is 2. The molecule has 0 saturated carbocycles. The largest absolute Gasteiger partial charge is 0.241 e. The molecular weight excluding hydrogens is 350 g/mol. The first kappa shape index (κ1) is 14.8. The van der Waals surface area contributed by atoms with E-state index in [-0.39, 0.29) is 6.04 Å². The van der Waals surface area contributed by atoms with Crippen molar-refractivity contribution >= 4 is 26.0 Å². The monoisotopic (exact) mass is 365 g/mol. The Morgan fingerprint density at radius 2 is 1.81 bits per heavy atom. The molecule has 1 atom stereocenters. The molecule has 0 heterocycles. The van der Waals surface area contributed by atoms with E-state index in [0.29, 0.717) is 4.90 Å². The minimum Gasteiger partial charge on any atom is -0.207 e. The first-order chi connectivity index (χ1) is 10.1. The molecule has 0 amide bonds. The van der Waals surface area contributed by atoms with E-state index in [1.807, 2.05) is 30.3 Å². The van der Waals surface area contributed by atoms with Crippen LogP contribution >= 0.6 is 15.9 Å². The lowest BCUT2D eigenvalue weighted by Crippen LogP contribution is -2.27. The molecule has 0 bridgehead atoms. The molecule has 5 heteroatoms. The number of hydrogen-bond donors (Lipinski definition) is 1. The lowest BCUT2D eigenvalue weighted by atomic mass is 10.1. The SMILES string of the molecule is O=S(=O)(NC1CCc2ccccc21)c1ccc(CBr)cc1. The topological polar surface area (TPSA) is 46.2 Å². The van der Waals surface area contributed by atoms with Crippen LogP contribution in [0.5, 0.6) is 0 Å². The normalized spacial score (nSPS) is 17.7. The van der Waals surface area contributed by atoms with Crippen LogP contribution in [0.2, 0.25) is 0 Å². The van der Waals surface area contributed by atoms with Crippen molar-refractivity contribution in [3.63, 3.8) is 0 Å². The second kappa shape index (κ2) is 5.91. The molecule has 0 fully saturated rings. The fourth-order valence-electron chi connectivity index (χ4n) is 2.69. The fourth-order valence-corrected chi connectivity index (χ4v) is 4.32. The summed E-state index contributed by atoms with van der Waals surface area (Å²) in [5.74, 6) is 0. The molecule has 2 aromatic carbocycles. The minimum atomic E-state index is -3.48. The van der Waals surface area contributed by atoms with E-state index in [9.17, 15) is 8.42 Å². The van der Waals surface area contributed by atoms with Gasteiger partial charge in [-0.05, 0) is 41.7 Å². The van der Waals surface area contributed by atoms with E-state index in [1.165, 1.54) is 5.56 Å². The molecule has 1 N–H and O–H groups in total. The van der Waals surface area contributed by atoms with E-state index in [1.54, 1.807) is 12.1 Å². The highest BCUT2D eigenvalue weighted by molar-refractivity contribution is 9.08. The Morgan fingerprint density at radius 3 is 2.52 bits per heavy atom. The Labute approximate surface area is 133 Å². The average Bonchev–Trinajstić information content (AvgIpc) is 2.90. The van der Waals surface area contributed by atoms with Crippen LogP contribution in [-0.2, 0) is 21.8 Å². The van der Waals surface area contributed by atoms with Crippen molar-refractivity contribution < 1.29 is 8.42 Å². The quantitative estimate of drug-likeness (QED) is 0.842. The molecule has 1 aliphatic carbocycles. The van der Waals surface area contributed by atoms with Crippen LogP contribution in [0.1, 0.15) is 29.2 Å². The molecule has 21 heavy (non-hydrogen) atoms. The van der Waals surface area contributed by atoms with E-state index < -0.39 is 10.0 Å². The summed E-state index contributed by atoms with van der Waals surface area (Å²) in [6.07, 6.45) is 1.74. The minimum absolute atomic E-state index is 0.123. The van der Waals surface area contributed by atoms with Crippen molar-refractivity contribution in [3.05, 3.63) is 65.2 Å². The fraction of sp³-hybridized carbons (Fsp3) is 0.250. The summed E-state index contributed by atoms with van der Waals surface area (Å²) in [6, 6.07) is 14.8. The van der Waals surface area contributed by atoms with Crippen molar-refractivity contribution in [2.75, 3.05) is 0 Å². The number of rotatable bonds is 4. The summed E-state index contributed by atoms with van der Waals surface area (Å²) in [4.78, 5) is 0.316. The van der Waals surface area contributed by atoms with Gasteiger partial charge >= 0.3 is 0 Å². The molecule has 110 valence electrons. The standard InChI is InChI=1S/C16H16BrNO2S/c17-11-12-5-8-14(9-6-12)21(19,20)18-16-10-7-13-3-1-2-4-15(13)16/h1-6,8-9,16,18H,7,10-11H2. The van der Waals surface area contributed by atoms with Gasteiger partial charge in [-0.25, -0.2) is 13.1 Å². The van der Waals surface area contributed by atoms with E-state index >= 15 is 0 Å². The van der Waals surface area contributed by atoms with Crippen molar-refractivity contribution in [1.29, 1.82) is 0 Å². The molecule has 0 aromatic heterocycles. The molecule has 2 aromatic rings. The third-order valence-electron chi connectivity index (χ3n) is 3.82. The highest BCUT2D eigenvalue weighted by Gasteiger charge is 2.26. The third-order valence-corrected chi connectivity index (χ3v) is 5.95. The molecule has 1 aliphatic rings. The molecule has 3 rings (SSSR count). The Morgan fingerprint density at radius 1 is 1.10 bits per heavy atom. The maximum absolute atomic E-state index is 12.5. The molecule has 0 saturated heterocycles. The van der Waals surface area contributed by atoms with Crippen molar-refractivity contribution in [3.8, 4) is 0 Å². The van der Waals surface area contributed by atoms with E-state index in [4.69, 9.17) is 0 Å². The Hall–Kier alpha value is -1.17. The number of aryl methyl sites for hydroxylation is 1. The number of halogens is 1. The zero-order valence-corrected chi connectivity index (χ0v) is 13.8. The highest BCUT2D eigenvalue weighted by atomic mass is 79.9. The van der Waals surface area contributed by atoms with Crippen LogP contribution in [0.15, 0.2) is 53.4 Å². The van der Waals surface area contributed by atoms with Gasteiger partial charge in [0.1, 0.15) is 0 Å². The third kappa shape index (κ3) is 3.05. The van der Waals surface area contributed by atoms with Crippen LogP contribution in [0.4, 0.5) is 0 Å². The summed E-state index contributed by atoms with van der Waals surface area (Å²) >= 11 is 3.36. The first-order valence-electron chi connectivity index (χ1n) is 6.85. The predicted octanol–water partition coefficient (Wildman–Crippen LogP) is 3.55. The molecular formula is C16H16BrNO2S. The average molecular weight is 366 g/mol.